The second-order valence-corrected chi connectivity index (χ2v) is 4.75. The Balaban J connectivity index is 2.34. The molecule has 0 saturated carbocycles. The Morgan fingerprint density at radius 3 is 2.94 bits per heavy atom. The number of hydrogen-bond acceptors (Lipinski definition) is 3. The summed E-state index contributed by atoms with van der Waals surface area (Å²) < 4.78 is 26.4. The fourth-order valence-electron chi connectivity index (χ4n) is 1.59. The zero-order valence-electron chi connectivity index (χ0n) is 9.34. The molecule has 0 radical (unpaired) electrons. The van der Waals surface area contributed by atoms with Crippen molar-refractivity contribution in [3.8, 4) is 0 Å². The van der Waals surface area contributed by atoms with Crippen molar-refractivity contribution < 1.29 is 8.78 Å². The zero-order chi connectivity index (χ0) is 12.4. The molecule has 17 heavy (non-hydrogen) atoms. The van der Waals surface area contributed by atoms with Gasteiger partial charge < -0.3 is 10.7 Å². The highest BCUT2D eigenvalue weighted by atomic mass is 32.2. The van der Waals surface area contributed by atoms with E-state index < -0.39 is 11.6 Å². The van der Waals surface area contributed by atoms with E-state index >= 15 is 0 Å². The molecular weight excluding hydrogens is 244 g/mol. The normalized spacial score (nSPS) is 13.2. The lowest BCUT2D eigenvalue weighted by atomic mass is 10.2. The average molecular weight is 257 g/mol. The van der Waals surface area contributed by atoms with Gasteiger partial charge in [-0.2, -0.15) is 11.8 Å². The van der Waals surface area contributed by atoms with Gasteiger partial charge >= 0.3 is 0 Å². The Morgan fingerprint density at radius 1 is 1.47 bits per heavy atom. The number of aromatic amines is 1. The van der Waals surface area contributed by atoms with Gasteiger partial charge in [-0.3, -0.25) is 0 Å². The molecule has 0 aliphatic rings. The summed E-state index contributed by atoms with van der Waals surface area (Å²) in [5.74, 6) is -0.427. The van der Waals surface area contributed by atoms with Crippen LogP contribution in [0.25, 0.3) is 11.0 Å². The largest absolute Gasteiger partial charge is 0.341 e. The van der Waals surface area contributed by atoms with Crippen molar-refractivity contribution in [1.82, 2.24) is 9.97 Å². The summed E-state index contributed by atoms with van der Waals surface area (Å²) in [5, 5.41) is 0. The zero-order valence-corrected chi connectivity index (χ0v) is 10.2. The third-order valence-electron chi connectivity index (χ3n) is 2.55. The number of nitrogens with zero attached hydrogens (tertiary/aromatic N) is 1. The van der Waals surface area contributed by atoms with Crippen molar-refractivity contribution in [1.29, 1.82) is 0 Å². The molecule has 1 aromatic carbocycles. The van der Waals surface area contributed by atoms with E-state index in [9.17, 15) is 8.78 Å². The molecular formula is C11H13F2N3S. The summed E-state index contributed by atoms with van der Waals surface area (Å²) in [6.07, 6.45) is 2.73. The van der Waals surface area contributed by atoms with E-state index in [1.807, 2.05) is 6.26 Å². The third kappa shape index (κ3) is 2.42. The molecule has 0 bridgehead atoms. The molecule has 1 heterocycles. The third-order valence-corrected chi connectivity index (χ3v) is 3.19. The first-order chi connectivity index (χ1) is 8.13. The highest BCUT2D eigenvalue weighted by Gasteiger charge is 2.15. The van der Waals surface area contributed by atoms with Crippen molar-refractivity contribution in [3.05, 3.63) is 29.6 Å². The fourth-order valence-corrected chi connectivity index (χ4v) is 2.08. The molecule has 2 rings (SSSR count). The van der Waals surface area contributed by atoms with Crippen LogP contribution in [-0.2, 0) is 0 Å². The summed E-state index contributed by atoms with van der Waals surface area (Å²) in [6.45, 7) is 0. The maximum atomic E-state index is 13.4. The van der Waals surface area contributed by atoms with Gasteiger partial charge in [-0.15, -0.1) is 0 Å². The lowest BCUT2D eigenvalue weighted by Gasteiger charge is -2.06. The van der Waals surface area contributed by atoms with Gasteiger partial charge in [-0.25, -0.2) is 13.8 Å². The van der Waals surface area contributed by atoms with Crippen molar-refractivity contribution in [2.45, 2.75) is 12.5 Å². The van der Waals surface area contributed by atoms with Gasteiger partial charge in [-0.1, -0.05) is 0 Å². The first-order valence-electron chi connectivity index (χ1n) is 5.21. The SMILES string of the molecule is CSCCC(N)c1nc2c(F)c(F)ccc2[nH]1. The van der Waals surface area contributed by atoms with Gasteiger partial charge in [0.2, 0.25) is 0 Å². The first kappa shape index (κ1) is 12.3. The molecule has 3 N–H and O–H groups in total. The lowest BCUT2D eigenvalue weighted by Crippen LogP contribution is -2.12. The number of nitrogens with one attached hydrogen (secondary N) is 1. The van der Waals surface area contributed by atoms with E-state index in [2.05, 4.69) is 9.97 Å². The second kappa shape index (κ2) is 5.01. The Bertz CT molecular complexity index is 527. The van der Waals surface area contributed by atoms with E-state index in [1.54, 1.807) is 11.8 Å². The van der Waals surface area contributed by atoms with Crippen LogP contribution < -0.4 is 5.73 Å². The molecule has 92 valence electrons. The van der Waals surface area contributed by atoms with Crippen LogP contribution in [0.3, 0.4) is 0 Å². The van der Waals surface area contributed by atoms with Gasteiger partial charge in [-0.05, 0) is 30.6 Å². The minimum Gasteiger partial charge on any atom is -0.341 e. The number of thioether (sulfide) groups is 1. The molecule has 0 amide bonds. The first-order valence-corrected chi connectivity index (χ1v) is 6.61. The van der Waals surface area contributed by atoms with E-state index in [4.69, 9.17) is 5.73 Å². The molecule has 1 atom stereocenters. The highest BCUT2D eigenvalue weighted by Crippen LogP contribution is 2.21. The number of nitrogens with two attached hydrogens (primary N) is 1. The molecule has 2 aromatic rings. The van der Waals surface area contributed by atoms with Crippen LogP contribution in [0.4, 0.5) is 8.78 Å². The average Bonchev–Trinajstić information content (AvgIpc) is 2.75. The Labute approximate surface area is 102 Å². The number of halogens is 2. The second-order valence-electron chi connectivity index (χ2n) is 3.77. The van der Waals surface area contributed by atoms with Crippen LogP contribution in [0.15, 0.2) is 12.1 Å². The summed E-state index contributed by atoms with van der Waals surface area (Å²) in [5.41, 5.74) is 6.39. The number of hydrogen-bond donors (Lipinski definition) is 2. The number of imidazole rings is 1. The van der Waals surface area contributed by atoms with Crippen molar-refractivity contribution in [3.63, 3.8) is 0 Å². The van der Waals surface area contributed by atoms with Crippen LogP contribution in [-0.4, -0.2) is 22.0 Å². The quantitative estimate of drug-likeness (QED) is 0.885. The minimum atomic E-state index is -0.929. The number of fused-ring (bicyclic) bond motifs is 1. The number of aromatic nitrogens is 2. The number of benzene rings is 1. The summed E-state index contributed by atoms with van der Waals surface area (Å²) >= 11 is 1.68. The maximum Gasteiger partial charge on any atom is 0.186 e. The standard InChI is InChI=1S/C11H13F2N3S/c1-17-5-4-7(14)11-15-8-3-2-6(12)9(13)10(8)16-11/h2-3,7H,4-5,14H2,1H3,(H,15,16). The van der Waals surface area contributed by atoms with Crippen LogP contribution in [0.1, 0.15) is 18.3 Å². The highest BCUT2D eigenvalue weighted by molar-refractivity contribution is 7.98. The monoisotopic (exact) mass is 257 g/mol. The summed E-state index contributed by atoms with van der Waals surface area (Å²) in [6, 6.07) is 2.26. The molecule has 0 fully saturated rings. The number of H-pyrrole nitrogens is 1. The van der Waals surface area contributed by atoms with Crippen molar-refractivity contribution >= 4 is 22.8 Å². The van der Waals surface area contributed by atoms with Gasteiger partial charge in [0.05, 0.1) is 11.6 Å². The summed E-state index contributed by atoms with van der Waals surface area (Å²) in [7, 11) is 0. The van der Waals surface area contributed by atoms with E-state index in [0.717, 1.165) is 18.2 Å². The Kier molecular flexibility index (Phi) is 3.63. The molecule has 6 heteroatoms. The maximum absolute atomic E-state index is 13.4. The van der Waals surface area contributed by atoms with Gasteiger partial charge in [0.25, 0.3) is 0 Å². The summed E-state index contributed by atoms with van der Waals surface area (Å²) in [4.78, 5) is 6.94. The molecule has 1 aromatic heterocycles. The predicted octanol–water partition coefficient (Wildman–Crippen LogP) is 2.59. The van der Waals surface area contributed by atoms with Crippen LogP contribution >= 0.6 is 11.8 Å². The lowest BCUT2D eigenvalue weighted by molar-refractivity contribution is 0.515. The van der Waals surface area contributed by atoms with Gasteiger partial charge in [0.1, 0.15) is 11.3 Å². The molecule has 0 aliphatic heterocycles. The smallest absolute Gasteiger partial charge is 0.186 e. The van der Waals surface area contributed by atoms with E-state index in [1.165, 1.54) is 6.07 Å². The van der Waals surface area contributed by atoms with E-state index in [-0.39, 0.29) is 11.6 Å². The Morgan fingerprint density at radius 2 is 2.24 bits per heavy atom. The topological polar surface area (TPSA) is 54.7 Å². The van der Waals surface area contributed by atoms with Crippen molar-refractivity contribution in [2.75, 3.05) is 12.0 Å². The molecule has 0 saturated heterocycles. The van der Waals surface area contributed by atoms with Crippen LogP contribution in [0, 0.1) is 11.6 Å². The van der Waals surface area contributed by atoms with Gasteiger partial charge in [0, 0.05) is 0 Å². The molecule has 0 spiro atoms. The van der Waals surface area contributed by atoms with E-state index in [0.29, 0.717) is 11.3 Å². The fraction of sp³-hybridized carbons (Fsp3) is 0.364. The Hall–Kier alpha value is -1.14. The van der Waals surface area contributed by atoms with Gasteiger partial charge in [0.15, 0.2) is 11.6 Å². The molecule has 1 unspecified atom stereocenters. The molecule has 3 nitrogen and oxygen atoms in total. The number of rotatable bonds is 4. The van der Waals surface area contributed by atoms with Crippen molar-refractivity contribution in [2.24, 2.45) is 5.73 Å². The predicted molar refractivity (Wildman–Crippen MR) is 65.9 cm³/mol. The minimum absolute atomic E-state index is 0.0135. The van der Waals surface area contributed by atoms with Crippen LogP contribution in [0.2, 0.25) is 0 Å². The molecule has 0 aliphatic carbocycles. The van der Waals surface area contributed by atoms with Crippen LogP contribution in [0.5, 0.6) is 0 Å².